The number of carbonyl (C=O) groups is 3. The molecule has 1 rings (SSSR count). The summed E-state index contributed by atoms with van der Waals surface area (Å²) in [5.74, 6) is -1.22. The third kappa shape index (κ3) is 6.25. The number of urea groups is 1. The largest absolute Gasteiger partial charge is 0.481 e. The number of carboxylic acids is 1. The predicted molar refractivity (Wildman–Crippen MR) is 81.4 cm³/mol. The Labute approximate surface area is 129 Å². The van der Waals surface area contributed by atoms with Crippen LogP contribution in [0.15, 0.2) is 30.3 Å². The van der Waals surface area contributed by atoms with Crippen LogP contribution in [0.1, 0.15) is 12.0 Å². The smallest absolute Gasteiger partial charge is 0.315 e. The van der Waals surface area contributed by atoms with Crippen LogP contribution in [0.2, 0.25) is 0 Å². The van der Waals surface area contributed by atoms with E-state index in [1.165, 1.54) is 4.90 Å². The number of benzene rings is 1. The van der Waals surface area contributed by atoms with Crippen molar-refractivity contribution in [2.24, 2.45) is 0 Å². The zero-order valence-electron chi connectivity index (χ0n) is 12.7. The average Bonchev–Trinajstić information content (AvgIpc) is 2.46. The van der Waals surface area contributed by atoms with Crippen molar-refractivity contribution < 1.29 is 19.5 Å². The number of hydrogen-bond acceptors (Lipinski definition) is 3. The molecule has 1 atom stereocenters. The monoisotopic (exact) mass is 307 g/mol. The fraction of sp³-hybridized carbons (Fsp3) is 0.400. The first kappa shape index (κ1) is 17.5. The summed E-state index contributed by atoms with van der Waals surface area (Å²) < 4.78 is 0. The maximum Gasteiger partial charge on any atom is 0.315 e. The SMILES string of the molecule is CN(C)C(=O)C(Cc1ccccc1)NC(=O)NCCC(=O)O. The van der Waals surface area contributed by atoms with Crippen LogP contribution in [0, 0.1) is 0 Å². The molecule has 1 aromatic rings. The summed E-state index contributed by atoms with van der Waals surface area (Å²) in [5, 5.41) is 13.5. The van der Waals surface area contributed by atoms with Gasteiger partial charge in [0.15, 0.2) is 0 Å². The van der Waals surface area contributed by atoms with Crippen molar-refractivity contribution in [2.45, 2.75) is 18.9 Å². The normalized spacial score (nSPS) is 11.4. The number of amides is 3. The highest BCUT2D eigenvalue weighted by atomic mass is 16.4. The van der Waals surface area contributed by atoms with Crippen LogP contribution in [0.4, 0.5) is 4.79 Å². The van der Waals surface area contributed by atoms with Gasteiger partial charge in [0, 0.05) is 27.1 Å². The van der Waals surface area contributed by atoms with E-state index in [2.05, 4.69) is 10.6 Å². The lowest BCUT2D eigenvalue weighted by molar-refractivity contribution is -0.137. The Morgan fingerprint density at radius 1 is 1.18 bits per heavy atom. The van der Waals surface area contributed by atoms with E-state index in [0.717, 1.165) is 5.56 Å². The van der Waals surface area contributed by atoms with Crippen molar-refractivity contribution >= 4 is 17.9 Å². The third-order valence-electron chi connectivity index (χ3n) is 2.95. The molecule has 0 bridgehead atoms. The molecule has 0 aliphatic carbocycles. The zero-order chi connectivity index (χ0) is 16.5. The van der Waals surface area contributed by atoms with Gasteiger partial charge in [-0.25, -0.2) is 4.79 Å². The fourth-order valence-corrected chi connectivity index (χ4v) is 1.85. The molecule has 3 N–H and O–H groups in total. The number of carboxylic acid groups (broad SMARTS) is 1. The minimum absolute atomic E-state index is 0.00930. The highest BCUT2D eigenvalue weighted by Crippen LogP contribution is 2.05. The summed E-state index contributed by atoms with van der Waals surface area (Å²) in [6, 6.07) is 8.08. The second-order valence-electron chi connectivity index (χ2n) is 5.02. The summed E-state index contributed by atoms with van der Waals surface area (Å²) >= 11 is 0. The molecule has 7 nitrogen and oxygen atoms in total. The van der Waals surface area contributed by atoms with Crippen molar-refractivity contribution in [1.29, 1.82) is 0 Å². The Bertz CT molecular complexity index is 517. The van der Waals surface area contributed by atoms with Gasteiger partial charge in [-0.1, -0.05) is 30.3 Å². The molecule has 0 aliphatic rings. The molecule has 1 unspecified atom stereocenters. The second kappa shape index (κ2) is 8.66. The number of carbonyl (C=O) groups excluding carboxylic acids is 2. The first-order valence-corrected chi connectivity index (χ1v) is 6.91. The third-order valence-corrected chi connectivity index (χ3v) is 2.95. The molecule has 0 saturated carbocycles. The molecule has 120 valence electrons. The van der Waals surface area contributed by atoms with Gasteiger partial charge >= 0.3 is 12.0 Å². The van der Waals surface area contributed by atoms with Crippen molar-refractivity contribution in [1.82, 2.24) is 15.5 Å². The molecule has 0 fully saturated rings. The lowest BCUT2D eigenvalue weighted by Gasteiger charge is -2.22. The average molecular weight is 307 g/mol. The Morgan fingerprint density at radius 2 is 1.82 bits per heavy atom. The Hall–Kier alpha value is -2.57. The number of nitrogens with one attached hydrogen (secondary N) is 2. The molecule has 3 amide bonds. The number of rotatable bonds is 7. The zero-order valence-corrected chi connectivity index (χ0v) is 12.7. The summed E-state index contributed by atoms with van der Waals surface area (Å²) in [7, 11) is 3.23. The van der Waals surface area contributed by atoms with Crippen molar-refractivity contribution in [2.75, 3.05) is 20.6 Å². The van der Waals surface area contributed by atoms with E-state index in [0.29, 0.717) is 6.42 Å². The summed E-state index contributed by atoms with van der Waals surface area (Å²) in [6.07, 6.45) is 0.197. The standard InChI is InChI=1S/C15H21N3O4/c1-18(2)14(21)12(10-11-6-4-3-5-7-11)17-15(22)16-9-8-13(19)20/h3-7,12H,8-10H2,1-2H3,(H,19,20)(H2,16,17,22). The molecule has 1 aromatic carbocycles. The van der Waals surface area contributed by atoms with Gasteiger partial charge < -0.3 is 20.6 Å². The summed E-state index contributed by atoms with van der Waals surface area (Å²) in [6.45, 7) is 0.00930. The van der Waals surface area contributed by atoms with Crippen LogP contribution in [0.5, 0.6) is 0 Å². The molecule has 0 saturated heterocycles. The van der Waals surface area contributed by atoms with Gasteiger partial charge in [-0.2, -0.15) is 0 Å². The van der Waals surface area contributed by atoms with Gasteiger partial charge in [0.05, 0.1) is 6.42 Å². The molecular weight excluding hydrogens is 286 g/mol. The van der Waals surface area contributed by atoms with Gasteiger partial charge in [-0.05, 0) is 5.56 Å². The lowest BCUT2D eigenvalue weighted by atomic mass is 10.1. The van der Waals surface area contributed by atoms with Crippen LogP contribution in [0.3, 0.4) is 0 Å². The molecular formula is C15H21N3O4. The van der Waals surface area contributed by atoms with Crippen molar-refractivity contribution in [3.8, 4) is 0 Å². The predicted octanol–water partition coefficient (Wildman–Crippen LogP) is 0.460. The van der Waals surface area contributed by atoms with Crippen LogP contribution < -0.4 is 10.6 Å². The van der Waals surface area contributed by atoms with E-state index in [-0.39, 0.29) is 18.9 Å². The Morgan fingerprint density at radius 3 is 2.36 bits per heavy atom. The molecule has 0 aliphatic heterocycles. The van der Waals surface area contributed by atoms with Gasteiger partial charge in [0.25, 0.3) is 0 Å². The number of aliphatic carboxylic acids is 1. The summed E-state index contributed by atoms with van der Waals surface area (Å²) in [4.78, 5) is 35.7. The van der Waals surface area contributed by atoms with E-state index in [1.807, 2.05) is 30.3 Å². The number of nitrogens with zero attached hydrogens (tertiary/aromatic N) is 1. The van der Waals surface area contributed by atoms with E-state index >= 15 is 0 Å². The summed E-state index contributed by atoms with van der Waals surface area (Å²) in [5.41, 5.74) is 0.925. The quantitative estimate of drug-likeness (QED) is 0.681. The van der Waals surface area contributed by atoms with Crippen LogP contribution in [0.25, 0.3) is 0 Å². The Kier molecular flexibility index (Phi) is 6.88. The van der Waals surface area contributed by atoms with Crippen LogP contribution in [-0.4, -0.2) is 54.6 Å². The molecule has 7 heteroatoms. The second-order valence-corrected chi connectivity index (χ2v) is 5.02. The van der Waals surface area contributed by atoms with Gasteiger partial charge in [-0.15, -0.1) is 0 Å². The minimum atomic E-state index is -0.995. The van der Waals surface area contributed by atoms with Crippen LogP contribution >= 0.6 is 0 Å². The molecule has 0 heterocycles. The lowest BCUT2D eigenvalue weighted by Crippen LogP contribution is -2.51. The van der Waals surface area contributed by atoms with Gasteiger partial charge in [0.1, 0.15) is 6.04 Å². The maximum atomic E-state index is 12.2. The minimum Gasteiger partial charge on any atom is -0.481 e. The van der Waals surface area contributed by atoms with Gasteiger partial charge in [0.2, 0.25) is 5.91 Å². The first-order valence-electron chi connectivity index (χ1n) is 6.91. The van der Waals surface area contributed by atoms with E-state index in [4.69, 9.17) is 5.11 Å². The fourth-order valence-electron chi connectivity index (χ4n) is 1.85. The highest BCUT2D eigenvalue weighted by molar-refractivity contribution is 5.87. The van der Waals surface area contributed by atoms with Gasteiger partial charge in [-0.3, -0.25) is 9.59 Å². The number of hydrogen-bond donors (Lipinski definition) is 3. The van der Waals surface area contributed by atoms with E-state index in [9.17, 15) is 14.4 Å². The Balaban J connectivity index is 2.64. The topological polar surface area (TPSA) is 98.7 Å². The molecule has 22 heavy (non-hydrogen) atoms. The maximum absolute atomic E-state index is 12.2. The molecule has 0 radical (unpaired) electrons. The van der Waals surface area contributed by atoms with E-state index in [1.54, 1.807) is 14.1 Å². The van der Waals surface area contributed by atoms with Crippen molar-refractivity contribution in [3.05, 3.63) is 35.9 Å². The number of likely N-dealkylation sites (N-methyl/N-ethyl adjacent to an activating group) is 1. The van der Waals surface area contributed by atoms with E-state index < -0.39 is 18.0 Å². The first-order chi connectivity index (χ1) is 10.4. The van der Waals surface area contributed by atoms with Crippen molar-refractivity contribution in [3.63, 3.8) is 0 Å². The molecule has 0 aromatic heterocycles. The highest BCUT2D eigenvalue weighted by Gasteiger charge is 2.22. The van der Waals surface area contributed by atoms with Crippen LogP contribution in [-0.2, 0) is 16.0 Å². The molecule has 0 spiro atoms.